The molecule has 0 bridgehead atoms. The van der Waals surface area contributed by atoms with Crippen molar-refractivity contribution in [3.05, 3.63) is 0 Å². The third kappa shape index (κ3) is 2.46. The van der Waals surface area contributed by atoms with E-state index in [9.17, 15) is 0 Å². The minimum Gasteiger partial charge on any atom is -0.313 e. The van der Waals surface area contributed by atoms with Gasteiger partial charge in [-0.3, -0.25) is 0 Å². The third-order valence-electron chi connectivity index (χ3n) is 3.98. The van der Waals surface area contributed by atoms with Gasteiger partial charge in [0.2, 0.25) is 0 Å². The van der Waals surface area contributed by atoms with Crippen LogP contribution in [0.2, 0.25) is 0 Å². The first-order valence-electron chi connectivity index (χ1n) is 6.02. The van der Waals surface area contributed by atoms with Crippen LogP contribution < -0.4 is 5.32 Å². The van der Waals surface area contributed by atoms with Gasteiger partial charge < -0.3 is 5.32 Å². The Morgan fingerprint density at radius 1 is 1.08 bits per heavy atom. The van der Waals surface area contributed by atoms with Crippen LogP contribution in [-0.4, -0.2) is 12.6 Å². The van der Waals surface area contributed by atoms with Gasteiger partial charge in [0.05, 0.1) is 0 Å². The van der Waals surface area contributed by atoms with Gasteiger partial charge in [-0.15, -0.1) is 0 Å². The number of hydrogen-bond donors (Lipinski definition) is 1. The summed E-state index contributed by atoms with van der Waals surface area (Å²) in [4.78, 5) is 0. The van der Waals surface area contributed by atoms with Crippen LogP contribution in [0.4, 0.5) is 0 Å². The molecule has 2 aliphatic rings. The van der Waals surface area contributed by atoms with Gasteiger partial charge in [-0.25, -0.2) is 0 Å². The molecule has 1 heteroatoms. The monoisotopic (exact) mass is 181 g/mol. The van der Waals surface area contributed by atoms with E-state index in [4.69, 9.17) is 0 Å². The Bertz CT molecular complexity index is 153. The van der Waals surface area contributed by atoms with Gasteiger partial charge in [0, 0.05) is 12.6 Å². The summed E-state index contributed by atoms with van der Waals surface area (Å²) in [6.07, 6.45) is 11.6. The summed E-state index contributed by atoms with van der Waals surface area (Å²) in [5.41, 5.74) is 0.641. The highest BCUT2D eigenvalue weighted by Gasteiger charge is 2.29. The van der Waals surface area contributed by atoms with Crippen LogP contribution in [0.15, 0.2) is 0 Å². The lowest BCUT2D eigenvalue weighted by Crippen LogP contribution is -2.35. The van der Waals surface area contributed by atoms with E-state index in [0.29, 0.717) is 5.41 Å². The predicted molar refractivity (Wildman–Crippen MR) is 56.8 cm³/mol. The standard InChI is InChI=1S/C12H23N/c1-12(8-4-5-9-12)10-13-11-6-2-3-7-11/h11,13H,2-10H2,1H3. The molecule has 0 heterocycles. The van der Waals surface area contributed by atoms with E-state index < -0.39 is 0 Å². The van der Waals surface area contributed by atoms with Crippen molar-refractivity contribution < 1.29 is 0 Å². The SMILES string of the molecule is CC1(CNC2CCCC2)CCCC1. The van der Waals surface area contributed by atoms with Crippen LogP contribution in [0.3, 0.4) is 0 Å². The number of hydrogen-bond acceptors (Lipinski definition) is 1. The van der Waals surface area contributed by atoms with Gasteiger partial charge in [0.15, 0.2) is 0 Å². The minimum atomic E-state index is 0.641. The van der Waals surface area contributed by atoms with E-state index in [2.05, 4.69) is 12.2 Å². The van der Waals surface area contributed by atoms with Gasteiger partial charge in [0.25, 0.3) is 0 Å². The first kappa shape index (κ1) is 9.51. The van der Waals surface area contributed by atoms with E-state index in [1.54, 1.807) is 0 Å². The lowest BCUT2D eigenvalue weighted by molar-refractivity contribution is 0.297. The molecule has 2 saturated carbocycles. The molecule has 76 valence electrons. The maximum absolute atomic E-state index is 3.76. The van der Waals surface area contributed by atoms with Gasteiger partial charge >= 0.3 is 0 Å². The largest absolute Gasteiger partial charge is 0.313 e. The predicted octanol–water partition coefficient (Wildman–Crippen LogP) is 3.10. The minimum absolute atomic E-state index is 0.641. The van der Waals surface area contributed by atoms with Crippen molar-refractivity contribution >= 4 is 0 Å². The Morgan fingerprint density at radius 3 is 2.31 bits per heavy atom. The Balaban J connectivity index is 1.71. The molecular weight excluding hydrogens is 158 g/mol. The zero-order valence-electron chi connectivity index (χ0n) is 8.94. The second kappa shape index (κ2) is 4.00. The van der Waals surface area contributed by atoms with Crippen molar-refractivity contribution in [2.75, 3.05) is 6.54 Å². The highest BCUT2D eigenvalue weighted by atomic mass is 14.9. The van der Waals surface area contributed by atoms with Crippen LogP contribution in [0.25, 0.3) is 0 Å². The summed E-state index contributed by atoms with van der Waals surface area (Å²) in [5, 5.41) is 3.76. The first-order chi connectivity index (χ1) is 6.29. The molecule has 0 aromatic carbocycles. The second-order valence-electron chi connectivity index (χ2n) is 5.38. The molecule has 0 saturated heterocycles. The molecule has 1 N–H and O–H groups in total. The van der Waals surface area contributed by atoms with Crippen molar-refractivity contribution in [2.45, 2.75) is 64.3 Å². The zero-order valence-corrected chi connectivity index (χ0v) is 8.94. The summed E-state index contributed by atoms with van der Waals surface area (Å²) in [5.74, 6) is 0. The fraction of sp³-hybridized carbons (Fsp3) is 1.00. The van der Waals surface area contributed by atoms with Crippen LogP contribution in [0.1, 0.15) is 58.3 Å². The summed E-state index contributed by atoms with van der Waals surface area (Å²) >= 11 is 0. The molecule has 0 aromatic rings. The molecule has 13 heavy (non-hydrogen) atoms. The van der Waals surface area contributed by atoms with E-state index in [0.717, 1.165) is 6.04 Å². The fourth-order valence-electron chi connectivity index (χ4n) is 2.93. The normalized spacial score (nSPS) is 28.4. The molecule has 0 spiro atoms. The van der Waals surface area contributed by atoms with Crippen molar-refractivity contribution in [1.82, 2.24) is 5.32 Å². The smallest absolute Gasteiger partial charge is 0.00672 e. The molecule has 0 unspecified atom stereocenters. The molecule has 0 aliphatic heterocycles. The molecule has 0 atom stereocenters. The molecule has 2 aliphatic carbocycles. The third-order valence-corrected chi connectivity index (χ3v) is 3.98. The van der Waals surface area contributed by atoms with Crippen LogP contribution in [0, 0.1) is 5.41 Å². The lowest BCUT2D eigenvalue weighted by Gasteiger charge is -2.26. The number of rotatable bonds is 3. The van der Waals surface area contributed by atoms with Gasteiger partial charge in [0.1, 0.15) is 0 Å². The summed E-state index contributed by atoms with van der Waals surface area (Å²) in [7, 11) is 0. The molecule has 2 fully saturated rings. The highest BCUT2D eigenvalue weighted by molar-refractivity contribution is 4.84. The van der Waals surface area contributed by atoms with Gasteiger partial charge in [-0.2, -0.15) is 0 Å². The van der Waals surface area contributed by atoms with Crippen LogP contribution in [-0.2, 0) is 0 Å². The summed E-state index contributed by atoms with van der Waals surface area (Å²) in [6.45, 7) is 3.74. The Labute approximate surface area is 82.3 Å². The fourth-order valence-corrected chi connectivity index (χ4v) is 2.93. The van der Waals surface area contributed by atoms with Crippen molar-refractivity contribution in [2.24, 2.45) is 5.41 Å². The van der Waals surface area contributed by atoms with Crippen molar-refractivity contribution in [1.29, 1.82) is 0 Å². The van der Waals surface area contributed by atoms with E-state index >= 15 is 0 Å². The molecule has 2 rings (SSSR count). The molecule has 0 amide bonds. The number of nitrogens with one attached hydrogen (secondary N) is 1. The maximum atomic E-state index is 3.76. The maximum Gasteiger partial charge on any atom is 0.00672 e. The molecule has 0 aromatic heterocycles. The van der Waals surface area contributed by atoms with Crippen molar-refractivity contribution in [3.63, 3.8) is 0 Å². The molecule has 0 radical (unpaired) electrons. The highest BCUT2D eigenvalue weighted by Crippen LogP contribution is 2.37. The average molecular weight is 181 g/mol. The van der Waals surface area contributed by atoms with E-state index in [-0.39, 0.29) is 0 Å². The molecule has 1 nitrogen and oxygen atoms in total. The zero-order chi connectivity index (χ0) is 9.15. The van der Waals surface area contributed by atoms with E-state index in [1.165, 1.54) is 57.9 Å². The second-order valence-corrected chi connectivity index (χ2v) is 5.38. The Hall–Kier alpha value is -0.0400. The quantitative estimate of drug-likeness (QED) is 0.705. The van der Waals surface area contributed by atoms with Crippen LogP contribution >= 0.6 is 0 Å². The first-order valence-corrected chi connectivity index (χ1v) is 6.02. The molecular formula is C12H23N. The van der Waals surface area contributed by atoms with Gasteiger partial charge in [-0.05, 0) is 31.1 Å². The Morgan fingerprint density at radius 2 is 1.69 bits per heavy atom. The van der Waals surface area contributed by atoms with E-state index in [1.807, 2.05) is 0 Å². The summed E-state index contributed by atoms with van der Waals surface area (Å²) < 4.78 is 0. The topological polar surface area (TPSA) is 12.0 Å². The average Bonchev–Trinajstić information content (AvgIpc) is 2.72. The Kier molecular flexibility index (Phi) is 2.92. The van der Waals surface area contributed by atoms with Crippen molar-refractivity contribution in [3.8, 4) is 0 Å². The summed E-state index contributed by atoms with van der Waals surface area (Å²) in [6, 6.07) is 0.859. The van der Waals surface area contributed by atoms with Crippen LogP contribution in [0.5, 0.6) is 0 Å². The van der Waals surface area contributed by atoms with Gasteiger partial charge in [-0.1, -0.05) is 32.6 Å². The lowest BCUT2D eigenvalue weighted by atomic mass is 9.88.